The number of amides is 1. The van der Waals surface area contributed by atoms with Gasteiger partial charge in [0.2, 0.25) is 5.91 Å². The number of cyclic esters (lactones) is 1. The fraction of sp³-hybridized carbons (Fsp3) is 0.217. The molecule has 0 unspecified atom stereocenters. The Labute approximate surface area is 181 Å². The highest BCUT2D eigenvalue weighted by Gasteiger charge is 2.45. The Bertz CT molecular complexity index is 1440. The monoisotopic (exact) mass is 432 g/mol. The Morgan fingerprint density at radius 3 is 2.78 bits per heavy atom. The minimum absolute atomic E-state index is 0.0861. The predicted octanol–water partition coefficient (Wildman–Crippen LogP) is 0.865. The Kier molecular flexibility index (Phi) is 4.22. The van der Waals surface area contributed by atoms with Crippen molar-refractivity contribution in [1.82, 2.24) is 9.55 Å². The zero-order valence-corrected chi connectivity index (χ0v) is 17.2. The third kappa shape index (κ3) is 2.75. The highest BCUT2D eigenvalue weighted by atomic mass is 16.6. The molecule has 5 N–H and O–H groups in total. The SMILES string of the molecule is CC[C@@]1(O)C(=O)OCc2c1cc1n(c2=O)Cc2cc3cc(/C(N)=C/C(N)=O)ccc3nc2-1. The van der Waals surface area contributed by atoms with E-state index in [0.29, 0.717) is 29.0 Å². The molecule has 0 radical (unpaired) electrons. The molecule has 0 aliphatic carbocycles. The van der Waals surface area contributed by atoms with Gasteiger partial charge in [0, 0.05) is 28.3 Å². The Morgan fingerprint density at radius 1 is 1.28 bits per heavy atom. The van der Waals surface area contributed by atoms with Crippen LogP contribution in [0, 0.1) is 0 Å². The molecule has 1 aromatic carbocycles. The largest absolute Gasteiger partial charge is 0.458 e. The number of hydrogen-bond donors (Lipinski definition) is 3. The van der Waals surface area contributed by atoms with Crippen molar-refractivity contribution in [1.29, 1.82) is 0 Å². The van der Waals surface area contributed by atoms with Crippen molar-refractivity contribution < 1.29 is 19.4 Å². The summed E-state index contributed by atoms with van der Waals surface area (Å²) in [6, 6.07) is 8.89. The van der Waals surface area contributed by atoms with E-state index in [0.717, 1.165) is 17.0 Å². The van der Waals surface area contributed by atoms with Gasteiger partial charge in [0.15, 0.2) is 5.60 Å². The number of esters is 1. The molecule has 2 aliphatic rings. The third-order valence-electron chi connectivity index (χ3n) is 6.14. The van der Waals surface area contributed by atoms with E-state index in [2.05, 4.69) is 0 Å². The van der Waals surface area contributed by atoms with Gasteiger partial charge in [0.25, 0.3) is 5.56 Å². The lowest BCUT2D eigenvalue weighted by atomic mass is 9.86. The molecule has 162 valence electrons. The first-order valence-corrected chi connectivity index (χ1v) is 10.1. The number of pyridine rings is 2. The molecular formula is C23H20N4O5. The second kappa shape index (κ2) is 6.76. The molecule has 4 heterocycles. The first kappa shape index (κ1) is 20.0. The van der Waals surface area contributed by atoms with Gasteiger partial charge >= 0.3 is 5.97 Å². The zero-order chi connectivity index (χ0) is 22.8. The molecule has 0 spiro atoms. The molecule has 5 rings (SSSR count). The summed E-state index contributed by atoms with van der Waals surface area (Å²) in [4.78, 5) is 41.3. The molecule has 3 aromatic rings. The average Bonchev–Trinajstić information content (AvgIpc) is 3.12. The first-order chi connectivity index (χ1) is 15.2. The summed E-state index contributed by atoms with van der Waals surface area (Å²) in [7, 11) is 0. The maximum atomic E-state index is 13.2. The fourth-order valence-corrected chi connectivity index (χ4v) is 4.40. The number of carbonyl (C=O) groups excluding carboxylic acids is 2. The molecule has 9 heteroatoms. The van der Waals surface area contributed by atoms with E-state index < -0.39 is 17.5 Å². The molecule has 0 bridgehead atoms. The number of aromatic nitrogens is 2. The second-order valence-corrected chi connectivity index (χ2v) is 8.01. The van der Waals surface area contributed by atoms with Gasteiger partial charge in [-0.2, -0.15) is 0 Å². The number of carbonyl (C=O) groups is 2. The van der Waals surface area contributed by atoms with Gasteiger partial charge in [0.05, 0.1) is 29.0 Å². The number of rotatable bonds is 3. The van der Waals surface area contributed by atoms with E-state index in [4.69, 9.17) is 21.2 Å². The number of nitrogens with two attached hydrogens (primary N) is 2. The van der Waals surface area contributed by atoms with Crippen molar-refractivity contribution in [2.75, 3.05) is 0 Å². The Balaban J connectivity index is 1.68. The molecule has 1 amide bonds. The number of ether oxygens (including phenoxy) is 1. The van der Waals surface area contributed by atoms with Crippen LogP contribution in [0.2, 0.25) is 0 Å². The average molecular weight is 432 g/mol. The van der Waals surface area contributed by atoms with E-state index in [1.165, 1.54) is 0 Å². The van der Waals surface area contributed by atoms with Gasteiger partial charge in [0.1, 0.15) is 6.61 Å². The van der Waals surface area contributed by atoms with Crippen LogP contribution in [0.3, 0.4) is 0 Å². The van der Waals surface area contributed by atoms with Crippen LogP contribution in [-0.2, 0) is 33.1 Å². The quantitative estimate of drug-likeness (QED) is 0.321. The molecule has 1 atom stereocenters. The Morgan fingerprint density at radius 2 is 2.06 bits per heavy atom. The maximum Gasteiger partial charge on any atom is 0.343 e. The smallest absolute Gasteiger partial charge is 0.343 e. The van der Waals surface area contributed by atoms with Gasteiger partial charge in [-0.25, -0.2) is 9.78 Å². The van der Waals surface area contributed by atoms with Crippen molar-refractivity contribution >= 4 is 28.5 Å². The minimum Gasteiger partial charge on any atom is -0.458 e. The lowest BCUT2D eigenvalue weighted by Gasteiger charge is -2.31. The molecular weight excluding hydrogens is 412 g/mol. The lowest BCUT2D eigenvalue weighted by Crippen LogP contribution is -2.44. The summed E-state index contributed by atoms with van der Waals surface area (Å²) in [5, 5.41) is 11.7. The number of aliphatic hydroxyl groups is 1. The normalized spacial score (nSPS) is 19.3. The number of benzene rings is 1. The third-order valence-corrected chi connectivity index (χ3v) is 6.14. The van der Waals surface area contributed by atoms with E-state index in [1.54, 1.807) is 35.8 Å². The van der Waals surface area contributed by atoms with Crippen LogP contribution in [0.1, 0.15) is 35.6 Å². The van der Waals surface area contributed by atoms with Crippen molar-refractivity contribution in [3.05, 3.63) is 69.0 Å². The molecule has 2 aliphatic heterocycles. The fourth-order valence-electron chi connectivity index (χ4n) is 4.40. The standard InChI is InChI=1S/C23H20N4O5/c1-2-23(31)15-7-18-20-13(9-27(18)21(29)14(15)10-32-22(23)30)6-12-5-11(3-4-17(12)26-20)16(24)8-19(25)28/h3-8,31H,2,9-10,24H2,1H3,(H2,25,28)/b16-8-/t23-/m0/s1. The Hall–Kier alpha value is -3.98. The van der Waals surface area contributed by atoms with Crippen LogP contribution in [0.25, 0.3) is 28.0 Å². The van der Waals surface area contributed by atoms with Crippen LogP contribution in [0.4, 0.5) is 0 Å². The number of nitrogens with zero attached hydrogens (tertiary/aromatic N) is 2. The van der Waals surface area contributed by atoms with Gasteiger partial charge in [-0.1, -0.05) is 13.0 Å². The van der Waals surface area contributed by atoms with E-state index in [9.17, 15) is 19.5 Å². The van der Waals surface area contributed by atoms with Gasteiger partial charge in [-0.05, 0) is 36.2 Å². The predicted molar refractivity (Wildman–Crippen MR) is 116 cm³/mol. The van der Waals surface area contributed by atoms with E-state index in [1.807, 2.05) is 6.07 Å². The molecule has 2 aromatic heterocycles. The molecule has 0 saturated heterocycles. The van der Waals surface area contributed by atoms with Gasteiger partial charge in [-0.15, -0.1) is 0 Å². The van der Waals surface area contributed by atoms with E-state index >= 15 is 0 Å². The number of fused-ring (bicyclic) bond motifs is 5. The summed E-state index contributed by atoms with van der Waals surface area (Å²) in [6.45, 7) is 1.79. The second-order valence-electron chi connectivity index (χ2n) is 8.01. The van der Waals surface area contributed by atoms with Gasteiger partial charge in [-0.3, -0.25) is 9.59 Å². The van der Waals surface area contributed by atoms with Crippen LogP contribution >= 0.6 is 0 Å². The topological polar surface area (TPSA) is 151 Å². The number of hydrogen-bond acceptors (Lipinski definition) is 7. The number of primary amides is 1. The van der Waals surface area contributed by atoms with Gasteiger partial charge < -0.3 is 25.9 Å². The van der Waals surface area contributed by atoms with E-state index in [-0.39, 0.29) is 35.4 Å². The van der Waals surface area contributed by atoms with Crippen molar-refractivity contribution in [3.63, 3.8) is 0 Å². The molecule has 32 heavy (non-hydrogen) atoms. The minimum atomic E-state index is -1.86. The van der Waals surface area contributed by atoms with Crippen LogP contribution in [-0.4, -0.2) is 26.5 Å². The summed E-state index contributed by atoms with van der Waals surface area (Å²) in [6.07, 6.45) is 1.24. The van der Waals surface area contributed by atoms with Crippen LogP contribution in [0.15, 0.2) is 41.2 Å². The maximum absolute atomic E-state index is 13.2. The molecule has 9 nitrogen and oxygen atoms in total. The summed E-state index contributed by atoms with van der Waals surface area (Å²) in [5.74, 6) is -1.39. The van der Waals surface area contributed by atoms with Crippen molar-refractivity contribution in [2.24, 2.45) is 11.5 Å². The summed E-state index contributed by atoms with van der Waals surface area (Å²) < 4.78 is 6.66. The highest BCUT2D eigenvalue weighted by Crippen LogP contribution is 2.38. The van der Waals surface area contributed by atoms with Crippen molar-refractivity contribution in [2.45, 2.75) is 32.1 Å². The van der Waals surface area contributed by atoms with Crippen LogP contribution in [0.5, 0.6) is 0 Å². The molecule has 0 fully saturated rings. The zero-order valence-electron chi connectivity index (χ0n) is 17.2. The lowest BCUT2D eigenvalue weighted by molar-refractivity contribution is -0.172. The van der Waals surface area contributed by atoms with Crippen molar-refractivity contribution in [3.8, 4) is 11.4 Å². The van der Waals surface area contributed by atoms with Crippen LogP contribution < -0.4 is 17.0 Å². The first-order valence-electron chi connectivity index (χ1n) is 10.1. The molecule has 0 saturated carbocycles. The highest BCUT2D eigenvalue weighted by molar-refractivity contribution is 5.95. The summed E-state index contributed by atoms with van der Waals surface area (Å²) >= 11 is 0. The summed E-state index contributed by atoms with van der Waals surface area (Å²) in [5.41, 5.74) is 13.0.